The van der Waals surface area contributed by atoms with Gasteiger partial charge >= 0.3 is 0 Å². The fourth-order valence-corrected chi connectivity index (χ4v) is 2.18. The highest BCUT2D eigenvalue weighted by molar-refractivity contribution is 5.93. The monoisotopic (exact) mass is 254 g/mol. The first kappa shape index (κ1) is 13.3. The van der Waals surface area contributed by atoms with Crippen molar-refractivity contribution >= 4 is 5.91 Å². The lowest BCUT2D eigenvalue weighted by atomic mass is 9.94. The van der Waals surface area contributed by atoms with E-state index in [1.54, 1.807) is 18.3 Å². The van der Waals surface area contributed by atoms with E-state index in [4.69, 9.17) is 5.73 Å². The number of hydrogen-bond donors (Lipinski definition) is 1. The summed E-state index contributed by atoms with van der Waals surface area (Å²) in [5.74, 6) is -0.196. The van der Waals surface area contributed by atoms with Crippen LogP contribution >= 0.6 is 0 Å². The molecular formula is C16H18N2O. The van der Waals surface area contributed by atoms with Crippen LogP contribution in [0.5, 0.6) is 0 Å². The fourth-order valence-electron chi connectivity index (χ4n) is 2.18. The van der Waals surface area contributed by atoms with E-state index in [1.165, 1.54) is 5.56 Å². The van der Waals surface area contributed by atoms with E-state index in [1.807, 2.05) is 18.2 Å². The predicted octanol–water partition coefficient (Wildman–Crippen LogP) is 2.92. The van der Waals surface area contributed by atoms with Gasteiger partial charge in [-0.2, -0.15) is 0 Å². The average molecular weight is 254 g/mol. The molecule has 2 N–H and O–H groups in total. The van der Waals surface area contributed by atoms with Crippen LogP contribution in [0.4, 0.5) is 0 Å². The quantitative estimate of drug-likeness (QED) is 0.892. The molecule has 0 saturated heterocycles. The molecule has 0 aliphatic heterocycles. The summed E-state index contributed by atoms with van der Waals surface area (Å²) in [6.07, 6.45) is 3.62. The lowest BCUT2D eigenvalue weighted by Crippen LogP contribution is -2.16. The number of pyridine rings is 1. The first-order chi connectivity index (χ1) is 9.18. The second-order valence-electron chi connectivity index (χ2n) is 4.73. The molecule has 2 aromatic rings. The number of primary amides is 1. The van der Waals surface area contributed by atoms with Crippen molar-refractivity contribution in [1.29, 1.82) is 0 Å². The summed E-state index contributed by atoms with van der Waals surface area (Å²) >= 11 is 0. The normalized spacial score (nSPS) is 12.1. The maximum absolute atomic E-state index is 11.4. The molecule has 1 amide bonds. The van der Waals surface area contributed by atoms with Crippen molar-refractivity contribution in [3.8, 4) is 0 Å². The molecule has 0 aliphatic rings. The minimum absolute atomic E-state index is 0.212. The Morgan fingerprint density at radius 1 is 1.21 bits per heavy atom. The fraction of sp³-hybridized carbons (Fsp3) is 0.250. The van der Waals surface area contributed by atoms with Gasteiger partial charge in [0.1, 0.15) is 0 Å². The smallest absolute Gasteiger partial charge is 0.250 e. The molecule has 0 aliphatic carbocycles. The second kappa shape index (κ2) is 6.14. The van der Waals surface area contributed by atoms with E-state index in [0.29, 0.717) is 5.56 Å². The van der Waals surface area contributed by atoms with Gasteiger partial charge in [0.2, 0.25) is 0 Å². The van der Waals surface area contributed by atoms with Crippen LogP contribution in [0, 0.1) is 0 Å². The van der Waals surface area contributed by atoms with Crippen LogP contribution in [-0.4, -0.2) is 10.9 Å². The number of nitrogens with two attached hydrogens (primary N) is 1. The maximum atomic E-state index is 11.4. The Labute approximate surface area is 113 Å². The maximum Gasteiger partial charge on any atom is 0.250 e. The molecule has 1 atom stereocenters. The summed E-state index contributed by atoms with van der Waals surface area (Å²) in [4.78, 5) is 15.7. The van der Waals surface area contributed by atoms with Gasteiger partial charge in [0.05, 0.1) is 11.3 Å². The van der Waals surface area contributed by atoms with Crippen LogP contribution in [-0.2, 0) is 6.42 Å². The van der Waals surface area contributed by atoms with Gasteiger partial charge in [0.25, 0.3) is 5.91 Å². The van der Waals surface area contributed by atoms with Crippen LogP contribution < -0.4 is 5.73 Å². The molecule has 0 radical (unpaired) electrons. The van der Waals surface area contributed by atoms with Crippen LogP contribution in [0.25, 0.3) is 0 Å². The van der Waals surface area contributed by atoms with Crippen LogP contribution in [0.15, 0.2) is 48.7 Å². The largest absolute Gasteiger partial charge is 0.366 e. The molecule has 0 saturated carbocycles. The van der Waals surface area contributed by atoms with Gasteiger partial charge in [-0.15, -0.1) is 0 Å². The van der Waals surface area contributed by atoms with E-state index in [0.717, 1.165) is 18.5 Å². The number of carbonyl (C=O) groups is 1. The highest BCUT2D eigenvalue weighted by atomic mass is 16.1. The second-order valence-corrected chi connectivity index (χ2v) is 4.73. The topological polar surface area (TPSA) is 56.0 Å². The molecule has 3 heteroatoms. The lowest BCUT2D eigenvalue weighted by Gasteiger charge is -2.13. The Hall–Kier alpha value is -2.16. The van der Waals surface area contributed by atoms with Gasteiger partial charge < -0.3 is 5.73 Å². The Morgan fingerprint density at radius 2 is 1.95 bits per heavy atom. The molecule has 1 heterocycles. The van der Waals surface area contributed by atoms with Gasteiger partial charge in [0.15, 0.2) is 0 Å². The molecule has 0 fully saturated rings. The zero-order valence-corrected chi connectivity index (χ0v) is 11.0. The van der Waals surface area contributed by atoms with E-state index in [2.05, 4.69) is 24.0 Å². The van der Waals surface area contributed by atoms with Crippen molar-refractivity contribution in [3.05, 3.63) is 65.5 Å². The summed E-state index contributed by atoms with van der Waals surface area (Å²) in [6, 6.07) is 13.8. The summed E-state index contributed by atoms with van der Waals surface area (Å²) in [5, 5.41) is 0. The van der Waals surface area contributed by atoms with Crippen molar-refractivity contribution < 1.29 is 4.79 Å². The van der Waals surface area contributed by atoms with Gasteiger partial charge in [-0.1, -0.05) is 37.3 Å². The molecule has 0 bridgehead atoms. The molecule has 0 spiro atoms. The first-order valence-corrected chi connectivity index (χ1v) is 6.47. The SMILES string of the molecule is CC(CCc1ccccc1)c1ncccc1C(N)=O. The Balaban J connectivity index is 2.08. The summed E-state index contributed by atoms with van der Waals surface area (Å²) in [5.41, 5.74) is 8.01. The molecule has 1 aromatic heterocycles. The summed E-state index contributed by atoms with van der Waals surface area (Å²) in [7, 11) is 0. The molecule has 98 valence electrons. The number of nitrogens with zero attached hydrogens (tertiary/aromatic N) is 1. The van der Waals surface area contributed by atoms with E-state index in [-0.39, 0.29) is 5.92 Å². The van der Waals surface area contributed by atoms with Gasteiger partial charge in [-0.25, -0.2) is 0 Å². The van der Waals surface area contributed by atoms with Crippen molar-refractivity contribution in [3.63, 3.8) is 0 Å². The number of aryl methyl sites for hydroxylation is 1. The van der Waals surface area contributed by atoms with Crippen LogP contribution in [0.3, 0.4) is 0 Å². The third-order valence-electron chi connectivity index (χ3n) is 3.28. The summed E-state index contributed by atoms with van der Waals surface area (Å²) < 4.78 is 0. The number of carbonyl (C=O) groups excluding carboxylic acids is 1. The first-order valence-electron chi connectivity index (χ1n) is 6.47. The number of benzene rings is 1. The minimum Gasteiger partial charge on any atom is -0.366 e. The average Bonchev–Trinajstić information content (AvgIpc) is 2.46. The van der Waals surface area contributed by atoms with Crippen molar-refractivity contribution in [2.24, 2.45) is 5.73 Å². The Morgan fingerprint density at radius 3 is 2.63 bits per heavy atom. The van der Waals surface area contributed by atoms with Crippen molar-refractivity contribution in [2.45, 2.75) is 25.7 Å². The minimum atomic E-state index is -0.408. The van der Waals surface area contributed by atoms with Crippen LogP contribution in [0.1, 0.15) is 40.9 Å². The van der Waals surface area contributed by atoms with E-state index >= 15 is 0 Å². The zero-order valence-electron chi connectivity index (χ0n) is 11.0. The van der Waals surface area contributed by atoms with Crippen molar-refractivity contribution in [1.82, 2.24) is 4.98 Å². The number of aromatic nitrogens is 1. The van der Waals surface area contributed by atoms with Crippen LogP contribution in [0.2, 0.25) is 0 Å². The third kappa shape index (κ3) is 3.41. The van der Waals surface area contributed by atoms with Gasteiger partial charge in [-0.3, -0.25) is 9.78 Å². The highest BCUT2D eigenvalue weighted by Gasteiger charge is 2.15. The molecule has 3 nitrogen and oxygen atoms in total. The standard InChI is InChI=1S/C16H18N2O/c1-12(9-10-13-6-3-2-4-7-13)15-14(16(17)19)8-5-11-18-15/h2-8,11-12H,9-10H2,1H3,(H2,17,19). The van der Waals surface area contributed by atoms with Crippen molar-refractivity contribution in [2.75, 3.05) is 0 Å². The molecule has 1 unspecified atom stereocenters. The third-order valence-corrected chi connectivity index (χ3v) is 3.28. The molecule has 1 aromatic carbocycles. The zero-order chi connectivity index (χ0) is 13.7. The van der Waals surface area contributed by atoms with Gasteiger partial charge in [0, 0.05) is 6.20 Å². The number of amides is 1. The number of hydrogen-bond acceptors (Lipinski definition) is 2. The molecule has 2 rings (SSSR count). The highest BCUT2D eigenvalue weighted by Crippen LogP contribution is 2.22. The molecular weight excluding hydrogens is 236 g/mol. The lowest BCUT2D eigenvalue weighted by molar-refractivity contribution is 0.0998. The summed E-state index contributed by atoms with van der Waals surface area (Å²) in [6.45, 7) is 2.08. The van der Waals surface area contributed by atoms with E-state index < -0.39 is 5.91 Å². The molecule has 19 heavy (non-hydrogen) atoms. The Kier molecular flexibility index (Phi) is 4.29. The predicted molar refractivity (Wildman–Crippen MR) is 75.9 cm³/mol. The number of rotatable bonds is 5. The Bertz CT molecular complexity index is 552. The van der Waals surface area contributed by atoms with E-state index in [9.17, 15) is 4.79 Å². The van der Waals surface area contributed by atoms with Gasteiger partial charge in [-0.05, 0) is 36.5 Å².